The fourth-order valence-electron chi connectivity index (χ4n) is 2.39. The number of esters is 1. The number of carbonyl (C=O) groups is 1. The molecule has 0 unspecified atom stereocenters. The molecule has 1 aliphatic carbocycles. The van der Waals surface area contributed by atoms with E-state index in [0.717, 1.165) is 17.7 Å². The van der Waals surface area contributed by atoms with Gasteiger partial charge in [0.2, 0.25) is 0 Å². The topological polar surface area (TPSA) is 46.5 Å². The Labute approximate surface area is 112 Å². The quantitative estimate of drug-likeness (QED) is 0.854. The van der Waals surface area contributed by atoms with Crippen LogP contribution in [0.3, 0.4) is 0 Å². The summed E-state index contributed by atoms with van der Waals surface area (Å²) < 4.78 is 4.82. The average molecular weight is 266 g/mol. The van der Waals surface area contributed by atoms with Gasteiger partial charge in [0, 0.05) is 10.1 Å². The minimum absolute atomic E-state index is 0.101. The standard InChI is InChI=1S/C14H18O3S/c1-17-14(16)13-11(15)8-5-9-12(13)18-10-6-3-2-4-7-10/h2-4,6-7,11-13,15H,5,8-9H2,1H3/t11-,12-,13-/m1/s1. The van der Waals surface area contributed by atoms with Crippen LogP contribution in [0.25, 0.3) is 0 Å². The Morgan fingerprint density at radius 2 is 2.06 bits per heavy atom. The van der Waals surface area contributed by atoms with Gasteiger partial charge < -0.3 is 9.84 Å². The molecule has 0 heterocycles. The van der Waals surface area contributed by atoms with Crippen molar-refractivity contribution in [2.75, 3.05) is 7.11 Å². The molecule has 1 aliphatic rings. The van der Waals surface area contributed by atoms with E-state index in [-0.39, 0.29) is 11.2 Å². The first kappa shape index (κ1) is 13.4. The number of benzene rings is 1. The van der Waals surface area contributed by atoms with Gasteiger partial charge in [0.1, 0.15) is 0 Å². The Kier molecular flexibility index (Phi) is 4.66. The van der Waals surface area contributed by atoms with Crippen LogP contribution in [0.2, 0.25) is 0 Å². The van der Waals surface area contributed by atoms with E-state index in [1.54, 1.807) is 11.8 Å². The van der Waals surface area contributed by atoms with Crippen molar-refractivity contribution < 1.29 is 14.6 Å². The maximum absolute atomic E-state index is 11.8. The fraction of sp³-hybridized carbons (Fsp3) is 0.500. The van der Waals surface area contributed by atoms with Crippen LogP contribution in [0.4, 0.5) is 0 Å². The molecule has 1 saturated carbocycles. The minimum Gasteiger partial charge on any atom is -0.469 e. The second-order valence-corrected chi connectivity index (χ2v) is 5.83. The summed E-state index contributed by atoms with van der Waals surface area (Å²) >= 11 is 1.66. The first-order valence-corrected chi connectivity index (χ1v) is 7.08. The third-order valence-corrected chi connectivity index (χ3v) is 4.68. The Hall–Kier alpha value is -1.00. The summed E-state index contributed by atoms with van der Waals surface area (Å²) in [7, 11) is 1.38. The van der Waals surface area contributed by atoms with Crippen molar-refractivity contribution >= 4 is 17.7 Å². The largest absolute Gasteiger partial charge is 0.469 e. The lowest BCUT2D eigenvalue weighted by Gasteiger charge is -2.33. The fourth-order valence-corrected chi connectivity index (χ4v) is 3.77. The van der Waals surface area contributed by atoms with E-state index >= 15 is 0 Å². The minimum atomic E-state index is -0.576. The maximum Gasteiger partial charge on any atom is 0.312 e. The summed E-state index contributed by atoms with van der Waals surface area (Å²) in [6, 6.07) is 9.99. The average Bonchev–Trinajstić information content (AvgIpc) is 2.39. The van der Waals surface area contributed by atoms with Crippen LogP contribution in [0, 0.1) is 5.92 Å². The molecule has 1 aromatic carbocycles. The Bertz CT molecular complexity index is 393. The van der Waals surface area contributed by atoms with E-state index in [1.807, 2.05) is 30.3 Å². The van der Waals surface area contributed by atoms with Crippen LogP contribution in [-0.2, 0) is 9.53 Å². The van der Waals surface area contributed by atoms with Crippen molar-refractivity contribution in [1.82, 2.24) is 0 Å². The summed E-state index contributed by atoms with van der Waals surface area (Å²) in [5.74, 6) is -0.704. The summed E-state index contributed by atoms with van der Waals surface area (Å²) in [5.41, 5.74) is 0. The zero-order valence-electron chi connectivity index (χ0n) is 10.4. The van der Waals surface area contributed by atoms with E-state index in [2.05, 4.69) is 0 Å². The predicted octanol–water partition coefficient (Wildman–Crippen LogP) is 2.48. The van der Waals surface area contributed by atoms with Crippen molar-refractivity contribution in [3.8, 4) is 0 Å². The van der Waals surface area contributed by atoms with Crippen molar-refractivity contribution in [1.29, 1.82) is 0 Å². The van der Waals surface area contributed by atoms with Crippen LogP contribution >= 0.6 is 11.8 Å². The smallest absolute Gasteiger partial charge is 0.312 e. The number of hydrogen-bond donors (Lipinski definition) is 1. The van der Waals surface area contributed by atoms with Gasteiger partial charge >= 0.3 is 5.97 Å². The third-order valence-electron chi connectivity index (χ3n) is 3.31. The molecule has 4 heteroatoms. The second-order valence-electron chi connectivity index (χ2n) is 4.52. The zero-order valence-corrected chi connectivity index (χ0v) is 11.2. The highest BCUT2D eigenvalue weighted by atomic mass is 32.2. The molecular weight excluding hydrogens is 248 g/mol. The number of aliphatic hydroxyl groups is 1. The molecule has 0 radical (unpaired) electrons. The SMILES string of the molecule is COC(=O)[C@@H]1[C@H](O)CCC[C@H]1Sc1ccccc1. The monoisotopic (exact) mass is 266 g/mol. The third kappa shape index (κ3) is 3.06. The van der Waals surface area contributed by atoms with Crippen molar-refractivity contribution in [3.63, 3.8) is 0 Å². The molecule has 3 atom stereocenters. The van der Waals surface area contributed by atoms with Crippen LogP contribution in [0.15, 0.2) is 35.2 Å². The van der Waals surface area contributed by atoms with Crippen LogP contribution < -0.4 is 0 Å². The normalized spacial score (nSPS) is 27.8. The molecule has 1 aromatic rings. The van der Waals surface area contributed by atoms with Crippen LogP contribution in [0.1, 0.15) is 19.3 Å². The summed E-state index contributed by atoms with van der Waals surface area (Å²) in [5, 5.41) is 10.1. The highest BCUT2D eigenvalue weighted by molar-refractivity contribution is 8.00. The van der Waals surface area contributed by atoms with Gasteiger partial charge in [-0.25, -0.2) is 0 Å². The highest BCUT2D eigenvalue weighted by Crippen LogP contribution is 2.38. The van der Waals surface area contributed by atoms with E-state index in [9.17, 15) is 9.90 Å². The summed E-state index contributed by atoms with van der Waals surface area (Å²) in [4.78, 5) is 12.9. The van der Waals surface area contributed by atoms with Crippen molar-refractivity contribution in [2.24, 2.45) is 5.92 Å². The van der Waals surface area contributed by atoms with E-state index in [4.69, 9.17) is 4.74 Å². The highest BCUT2D eigenvalue weighted by Gasteiger charge is 2.38. The molecule has 1 N–H and O–H groups in total. The lowest BCUT2D eigenvalue weighted by atomic mass is 9.86. The Morgan fingerprint density at radius 3 is 2.72 bits per heavy atom. The van der Waals surface area contributed by atoms with E-state index in [1.165, 1.54) is 7.11 Å². The van der Waals surface area contributed by atoms with Crippen LogP contribution in [-0.4, -0.2) is 29.5 Å². The van der Waals surface area contributed by atoms with Gasteiger partial charge in [0.25, 0.3) is 0 Å². The number of hydrogen-bond acceptors (Lipinski definition) is 4. The predicted molar refractivity (Wildman–Crippen MR) is 71.5 cm³/mol. The van der Waals surface area contributed by atoms with Gasteiger partial charge in [-0.15, -0.1) is 11.8 Å². The molecule has 2 rings (SSSR count). The molecule has 1 fully saturated rings. The number of methoxy groups -OCH3 is 1. The van der Waals surface area contributed by atoms with Gasteiger partial charge in [-0.05, 0) is 31.4 Å². The maximum atomic E-state index is 11.8. The lowest BCUT2D eigenvalue weighted by Crippen LogP contribution is -2.40. The Balaban J connectivity index is 2.11. The lowest BCUT2D eigenvalue weighted by molar-refractivity contribution is -0.150. The molecule has 0 aliphatic heterocycles. The van der Waals surface area contributed by atoms with Gasteiger partial charge in [0.05, 0.1) is 19.1 Å². The van der Waals surface area contributed by atoms with E-state index in [0.29, 0.717) is 6.42 Å². The summed E-state index contributed by atoms with van der Waals surface area (Å²) in [6.45, 7) is 0. The molecule has 0 saturated heterocycles. The second kappa shape index (κ2) is 6.25. The van der Waals surface area contributed by atoms with Crippen molar-refractivity contribution in [3.05, 3.63) is 30.3 Å². The van der Waals surface area contributed by atoms with Gasteiger partial charge in [0.15, 0.2) is 0 Å². The molecule has 18 heavy (non-hydrogen) atoms. The molecule has 0 amide bonds. The molecular formula is C14H18O3S. The molecule has 3 nitrogen and oxygen atoms in total. The number of ether oxygens (including phenoxy) is 1. The number of rotatable bonds is 3. The van der Waals surface area contributed by atoms with Crippen LogP contribution in [0.5, 0.6) is 0 Å². The first-order chi connectivity index (χ1) is 8.72. The van der Waals surface area contributed by atoms with Gasteiger partial charge in [-0.2, -0.15) is 0 Å². The summed E-state index contributed by atoms with van der Waals surface area (Å²) in [6.07, 6.45) is 2.01. The first-order valence-electron chi connectivity index (χ1n) is 6.20. The van der Waals surface area contributed by atoms with Gasteiger partial charge in [-0.3, -0.25) is 4.79 Å². The zero-order chi connectivity index (χ0) is 13.0. The number of aliphatic hydroxyl groups excluding tert-OH is 1. The molecule has 98 valence electrons. The van der Waals surface area contributed by atoms with Gasteiger partial charge in [-0.1, -0.05) is 18.2 Å². The number of thioether (sulfide) groups is 1. The van der Waals surface area contributed by atoms with E-state index < -0.39 is 12.0 Å². The molecule has 0 aromatic heterocycles. The molecule has 0 bridgehead atoms. The molecule has 0 spiro atoms. The number of carbonyl (C=O) groups excluding carboxylic acids is 1. The van der Waals surface area contributed by atoms with Crippen molar-refractivity contribution in [2.45, 2.75) is 35.5 Å². The Morgan fingerprint density at radius 1 is 1.33 bits per heavy atom.